The first-order chi connectivity index (χ1) is 12.7. The monoisotopic (exact) mass is 366 g/mol. The van der Waals surface area contributed by atoms with Gasteiger partial charge < -0.3 is 14.8 Å². The van der Waals surface area contributed by atoms with Crippen molar-refractivity contribution in [2.75, 3.05) is 5.32 Å². The number of anilines is 1. The van der Waals surface area contributed by atoms with E-state index >= 15 is 0 Å². The van der Waals surface area contributed by atoms with Crippen molar-refractivity contribution in [1.82, 2.24) is 15.1 Å². The number of hydrogen-bond acceptors (Lipinski definition) is 4. The Bertz CT molecular complexity index is 1050. The zero-order valence-electron chi connectivity index (χ0n) is 13.7. The van der Waals surface area contributed by atoms with Crippen molar-refractivity contribution in [3.63, 3.8) is 0 Å². The van der Waals surface area contributed by atoms with Crippen LogP contribution in [0, 0.1) is 0 Å². The van der Waals surface area contributed by atoms with E-state index in [2.05, 4.69) is 20.4 Å². The zero-order chi connectivity index (χ0) is 17.9. The Kier molecular flexibility index (Phi) is 4.41. The van der Waals surface area contributed by atoms with Gasteiger partial charge in [0.05, 0.1) is 0 Å². The van der Waals surface area contributed by atoms with Crippen molar-refractivity contribution in [1.29, 1.82) is 0 Å². The number of H-pyrrole nitrogens is 1. The number of halogens is 1. The third-order valence-electron chi connectivity index (χ3n) is 3.98. The molecular weight excluding hydrogens is 352 g/mol. The summed E-state index contributed by atoms with van der Waals surface area (Å²) in [7, 11) is 0. The first-order valence-corrected chi connectivity index (χ1v) is 8.51. The summed E-state index contributed by atoms with van der Waals surface area (Å²) in [6.45, 7) is 0. The van der Waals surface area contributed by atoms with Gasteiger partial charge in [-0.1, -0.05) is 22.8 Å². The molecule has 0 radical (unpaired) electrons. The first kappa shape index (κ1) is 16.4. The fraction of sp³-hybridized carbons (Fsp3) is 0.105. The van der Waals surface area contributed by atoms with Gasteiger partial charge in [0.2, 0.25) is 17.6 Å². The molecule has 4 rings (SSSR count). The fourth-order valence-electron chi connectivity index (χ4n) is 2.64. The Hall–Kier alpha value is -3.12. The molecule has 0 aliphatic heterocycles. The maximum Gasteiger partial charge on any atom is 0.227 e. The molecule has 4 aromatic rings. The summed E-state index contributed by atoms with van der Waals surface area (Å²) in [5, 5.41) is 8.56. The van der Waals surface area contributed by atoms with Crippen LogP contribution in [0.5, 0.6) is 0 Å². The Morgan fingerprint density at radius 1 is 1.15 bits per heavy atom. The van der Waals surface area contributed by atoms with Crippen LogP contribution in [-0.4, -0.2) is 21.0 Å². The highest BCUT2D eigenvalue weighted by molar-refractivity contribution is 6.30. The highest BCUT2D eigenvalue weighted by Gasteiger charge is 2.11. The molecule has 0 saturated carbocycles. The maximum absolute atomic E-state index is 12.1. The molecule has 26 heavy (non-hydrogen) atoms. The molecule has 2 heterocycles. The van der Waals surface area contributed by atoms with Gasteiger partial charge in [-0.05, 0) is 47.9 Å². The summed E-state index contributed by atoms with van der Waals surface area (Å²) in [6, 6.07) is 14.9. The van der Waals surface area contributed by atoms with Gasteiger partial charge in [-0.15, -0.1) is 0 Å². The summed E-state index contributed by atoms with van der Waals surface area (Å²) in [6.07, 6.45) is 2.49. The van der Waals surface area contributed by atoms with Crippen LogP contribution in [0.15, 0.2) is 59.3 Å². The van der Waals surface area contributed by atoms with Crippen LogP contribution in [0.3, 0.4) is 0 Å². The second kappa shape index (κ2) is 7.01. The lowest BCUT2D eigenvalue weighted by molar-refractivity contribution is -0.116. The minimum Gasteiger partial charge on any atom is -0.361 e. The largest absolute Gasteiger partial charge is 0.361 e. The van der Waals surface area contributed by atoms with E-state index in [4.69, 9.17) is 16.1 Å². The normalized spacial score (nSPS) is 11.0. The number of rotatable bonds is 5. The lowest BCUT2D eigenvalue weighted by Gasteiger charge is -2.04. The summed E-state index contributed by atoms with van der Waals surface area (Å²) in [5.41, 5.74) is 2.54. The molecular formula is C19H15ClN4O2. The molecule has 2 aromatic heterocycles. The van der Waals surface area contributed by atoms with Crippen molar-refractivity contribution in [3.8, 4) is 11.4 Å². The van der Waals surface area contributed by atoms with E-state index < -0.39 is 0 Å². The van der Waals surface area contributed by atoms with E-state index in [0.29, 0.717) is 23.2 Å². The minimum atomic E-state index is -0.109. The van der Waals surface area contributed by atoms with Gasteiger partial charge in [0.15, 0.2) is 0 Å². The topological polar surface area (TPSA) is 83.8 Å². The number of nitrogens with one attached hydrogen (secondary N) is 2. The van der Waals surface area contributed by atoms with Gasteiger partial charge in [0, 0.05) is 40.8 Å². The Balaban J connectivity index is 1.36. The lowest BCUT2D eigenvalue weighted by Crippen LogP contribution is -2.12. The zero-order valence-corrected chi connectivity index (χ0v) is 14.5. The number of aromatic nitrogens is 3. The Morgan fingerprint density at radius 3 is 2.85 bits per heavy atom. The van der Waals surface area contributed by atoms with Crippen molar-refractivity contribution in [2.45, 2.75) is 12.8 Å². The molecule has 1 amide bonds. The van der Waals surface area contributed by atoms with Crippen LogP contribution in [0.4, 0.5) is 5.69 Å². The number of aryl methyl sites for hydroxylation is 1. The number of nitrogens with zero attached hydrogens (tertiary/aromatic N) is 2. The van der Waals surface area contributed by atoms with Gasteiger partial charge in [0.25, 0.3) is 0 Å². The smallest absolute Gasteiger partial charge is 0.227 e. The number of benzene rings is 2. The number of aromatic amines is 1. The molecule has 6 nitrogen and oxygen atoms in total. The number of hydrogen-bond donors (Lipinski definition) is 2. The fourth-order valence-corrected chi connectivity index (χ4v) is 2.77. The molecule has 0 aliphatic rings. The summed E-state index contributed by atoms with van der Waals surface area (Å²) in [4.78, 5) is 19.6. The number of fused-ring (bicyclic) bond motifs is 1. The second-order valence-corrected chi connectivity index (χ2v) is 6.28. The van der Waals surface area contributed by atoms with Gasteiger partial charge in [0.1, 0.15) is 0 Å². The molecule has 0 bridgehead atoms. The van der Waals surface area contributed by atoms with E-state index in [1.807, 2.05) is 42.6 Å². The summed E-state index contributed by atoms with van der Waals surface area (Å²) in [5.74, 6) is 0.793. The van der Waals surface area contributed by atoms with Crippen molar-refractivity contribution in [3.05, 3.63) is 65.6 Å². The minimum absolute atomic E-state index is 0.109. The number of amides is 1. The Morgan fingerprint density at radius 2 is 2.00 bits per heavy atom. The van der Waals surface area contributed by atoms with E-state index in [1.54, 1.807) is 12.1 Å². The molecule has 0 atom stereocenters. The van der Waals surface area contributed by atoms with Gasteiger partial charge in [-0.2, -0.15) is 4.98 Å². The lowest BCUT2D eigenvalue weighted by atomic mass is 10.2. The molecule has 0 unspecified atom stereocenters. The molecule has 0 fully saturated rings. The van der Waals surface area contributed by atoms with Crippen LogP contribution >= 0.6 is 11.6 Å². The molecule has 2 aromatic carbocycles. The molecule has 130 valence electrons. The summed E-state index contributed by atoms with van der Waals surface area (Å²) >= 11 is 5.87. The van der Waals surface area contributed by atoms with Crippen molar-refractivity contribution >= 4 is 34.1 Å². The van der Waals surface area contributed by atoms with E-state index in [1.165, 1.54) is 0 Å². The van der Waals surface area contributed by atoms with Crippen LogP contribution in [0.1, 0.15) is 12.3 Å². The SMILES string of the molecule is O=C(CCc1nc(-c2ccc(Cl)cc2)no1)Nc1ccc2cc[nH]c2c1. The third-order valence-corrected chi connectivity index (χ3v) is 4.23. The highest BCUT2D eigenvalue weighted by Crippen LogP contribution is 2.20. The average Bonchev–Trinajstić information content (AvgIpc) is 3.29. The second-order valence-electron chi connectivity index (χ2n) is 5.85. The van der Waals surface area contributed by atoms with E-state index in [-0.39, 0.29) is 12.3 Å². The molecule has 2 N–H and O–H groups in total. The van der Waals surface area contributed by atoms with Crippen molar-refractivity contribution < 1.29 is 9.32 Å². The average molecular weight is 367 g/mol. The number of carbonyl (C=O) groups is 1. The Labute approximate surface area is 154 Å². The highest BCUT2D eigenvalue weighted by atomic mass is 35.5. The van der Waals surface area contributed by atoms with Gasteiger partial charge >= 0.3 is 0 Å². The predicted molar refractivity (Wildman–Crippen MR) is 100.0 cm³/mol. The van der Waals surface area contributed by atoms with Crippen molar-refractivity contribution in [2.24, 2.45) is 0 Å². The molecule has 7 heteroatoms. The molecule has 0 spiro atoms. The van der Waals surface area contributed by atoms with Gasteiger partial charge in [-0.25, -0.2) is 0 Å². The quantitative estimate of drug-likeness (QED) is 0.546. The van der Waals surface area contributed by atoms with Gasteiger partial charge in [-0.3, -0.25) is 4.79 Å². The summed E-state index contributed by atoms with van der Waals surface area (Å²) < 4.78 is 5.22. The van der Waals surface area contributed by atoms with E-state index in [9.17, 15) is 4.79 Å². The third kappa shape index (κ3) is 3.60. The molecule has 0 aliphatic carbocycles. The van der Waals surface area contributed by atoms with Crippen LogP contribution < -0.4 is 5.32 Å². The molecule has 0 saturated heterocycles. The number of carbonyl (C=O) groups excluding carboxylic acids is 1. The predicted octanol–water partition coefficient (Wildman–Crippen LogP) is 4.44. The van der Waals surface area contributed by atoms with Crippen LogP contribution in [0.25, 0.3) is 22.3 Å². The van der Waals surface area contributed by atoms with Crippen LogP contribution in [-0.2, 0) is 11.2 Å². The standard InChI is InChI=1S/C19H15ClN4O2/c20-14-4-1-13(2-5-14)19-23-18(26-24-19)8-7-17(25)22-15-6-3-12-9-10-21-16(12)11-15/h1-6,9-11,21H,7-8H2,(H,22,25). The van der Waals surface area contributed by atoms with Crippen LogP contribution in [0.2, 0.25) is 5.02 Å². The first-order valence-electron chi connectivity index (χ1n) is 8.13. The maximum atomic E-state index is 12.1. The van der Waals surface area contributed by atoms with E-state index in [0.717, 1.165) is 22.2 Å².